The van der Waals surface area contributed by atoms with Gasteiger partial charge in [-0.25, -0.2) is 0 Å². The largest absolute Gasteiger partial charge is 0.496 e. The first-order valence-corrected chi connectivity index (χ1v) is 9.69. The van der Waals surface area contributed by atoms with Crippen LogP contribution in [0.5, 0.6) is 5.75 Å². The second kappa shape index (κ2) is 8.34. The Morgan fingerprint density at radius 3 is 2.88 bits per heavy atom. The summed E-state index contributed by atoms with van der Waals surface area (Å²) in [4.78, 5) is 14.8. The van der Waals surface area contributed by atoms with Crippen molar-refractivity contribution in [3.05, 3.63) is 28.2 Å². The van der Waals surface area contributed by atoms with Crippen LogP contribution in [0.1, 0.15) is 37.7 Å². The van der Waals surface area contributed by atoms with E-state index in [1.165, 1.54) is 45.2 Å². The SMILES string of the molecule is COc1ccc(CC(=O)OCC2CCCN3CCCCC23)cc1Br. The van der Waals surface area contributed by atoms with Crippen molar-refractivity contribution in [2.75, 3.05) is 26.8 Å². The van der Waals surface area contributed by atoms with Gasteiger partial charge in [-0.05, 0) is 72.4 Å². The van der Waals surface area contributed by atoms with Crippen molar-refractivity contribution >= 4 is 21.9 Å². The lowest BCUT2D eigenvalue weighted by Crippen LogP contribution is -2.49. The van der Waals surface area contributed by atoms with E-state index < -0.39 is 0 Å². The van der Waals surface area contributed by atoms with Crippen molar-refractivity contribution in [2.24, 2.45) is 5.92 Å². The van der Waals surface area contributed by atoms with Gasteiger partial charge in [0.1, 0.15) is 5.75 Å². The maximum Gasteiger partial charge on any atom is 0.310 e. The summed E-state index contributed by atoms with van der Waals surface area (Å²) in [6.45, 7) is 3.00. The Balaban J connectivity index is 1.51. The molecule has 2 unspecified atom stereocenters. The number of piperidine rings is 2. The van der Waals surface area contributed by atoms with Crippen molar-refractivity contribution in [3.8, 4) is 5.75 Å². The van der Waals surface area contributed by atoms with Crippen molar-refractivity contribution < 1.29 is 14.3 Å². The highest BCUT2D eigenvalue weighted by molar-refractivity contribution is 9.10. The monoisotopic (exact) mass is 395 g/mol. The zero-order chi connectivity index (χ0) is 16.9. The van der Waals surface area contributed by atoms with E-state index in [-0.39, 0.29) is 5.97 Å². The smallest absolute Gasteiger partial charge is 0.310 e. The fourth-order valence-electron chi connectivity index (χ4n) is 4.01. The van der Waals surface area contributed by atoms with Crippen LogP contribution in [0.25, 0.3) is 0 Å². The van der Waals surface area contributed by atoms with Gasteiger partial charge >= 0.3 is 5.97 Å². The van der Waals surface area contributed by atoms with Gasteiger partial charge in [0.25, 0.3) is 0 Å². The Kier molecular flexibility index (Phi) is 6.17. The first-order valence-electron chi connectivity index (χ1n) is 8.89. The Morgan fingerprint density at radius 1 is 1.25 bits per heavy atom. The summed E-state index contributed by atoms with van der Waals surface area (Å²) < 4.78 is 11.7. The number of hydrogen-bond acceptors (Lipinski definition) is 4. The summed E-state index contributed by atoms with van der Waals surface area (Å²) in [7, 11) is 1.63. The Labute approximate surface area is 152 Å². The van der Waals surface area contributed by atoms with E-state index in [1.807, 2.05) is 18.2 Å². The van der Waals surface area contributed by atoms with Crippen LogP contribution in [0.2, 0.25) is 0 Å². The van der Waals surface area contributed by atoms with E-state index in [0.29, 0.717) is 25.0 Å². The number of halogens is 1. The number of carbonyl (C=O) groups is 1. The Hall–Kier alpha value is -1.07. The van der Waals surface area contributed by atoms with Gasteiger partial charge in [-0.15, -0.1) is 0 Å². The average Bonchev–Trinajstić information content (AvgIpc) is 2.60. The number of ether oxygens (including phenoxy) is 2. The lowest BCUT2D eigenvalue weighted by Gasteiger charge is -2.44. The molecule has 0 bridgehead atoms. The lowest BCUT2D eigenvalue weighted by atomic mass is 9.84. The number of carbonyl (C=O) groups excluding carboxylic acids is 1. The van der Waals surface area contributed by atoms with Gasteiger partial charge in [-0.2, -0.15) is 0 Å². The minimum absolute atomic E-state index is 0.139. The number of fused-ring (bicyclic) bond motifs is 1. The van der Waals surface area contributed by atoms with E-state index in [9.17, 15) is 4.79 Å². The summed E-state index contributed by atoms with van der Waals surface area (Å²) >= 11 is 3.45. The van der Waals surface area contributed by atoms with E-state index >= 15 is 0 Å². The van der Waals surface area contributed by atoms with Crippen LogP contribution in [0, 0.1) is 5.92 Å². The van der Waals surface area contributed by atoms with Crippen LogP contribution in [0.4, 0.5) is 0 Å². The maximum atomic E-state index is 12.2. The third-order valence-electron chi connectivity index (χ3n) is 5.25. The van der Waals surface area contributed by atoms with E-state index in [0.717, 1.165) is 15.8 Å². The molecular weight excluding hydrogens is 370 g/mol. The van der Waals surface area contributed by atoms with Crippen molar-refractivity contribution in [1.29, 1.82) is 0 Å². The Morgan fingerprint density at radius 2 is 2.08 bits per heavy atom. The van der Waals surface area contributed by atoms with E-state index in [4.69, 9.17) is 9.47 Å². The molecule has 5 heteroatoms. The van der Waals surface area contributed by atoms with Crippen LogP contribution >= 0.6 is 15.9 Å². The molecule has 2 aliphatic heterocycles. The predicted octanol–water partition coefficient (Wildman–Crippen LogP) is 3.81. The van der Waals surface area contributed by atoms with Gasteiger partial charge in [0, 0.05) is 12.0 Å². The highest BCUT2D eigenvalue weighted by atomic mass is 79.9. The second-order valence-corrected chi connectivity index (χ2v) is 7.68. The fourth-order valence-corrected chi connectivity index (χ4v) is 4.60. The number of benzene rings is 1. The molecule has 2 heterocycles. The molecule has 4 nitrogen and oxygen atoms in total. The standard InChI is InChI=1S/C19H26BrNO3/c1-23-18-8-7-14(11-16(18)20)12-19(22)24-13-15-5-4-10-21-9-3-2-6-17(15)21/h7-8,11,15,17H,2-6,9-10,12-13H2,1H3. The van der Waals surface area contributed by atoms with Crippen molar-refractivity contribution in [2.45, 2.75) is 44.6 Å². The summed E-state index contributed by atoms with van der Waals surface area (Å²) in [5.41, 5.74) is 0.940. The van der Waals surface area contributed by atoms with Crippen molar-refractivity contribution in [1.82, 2.24) is 4.90 Å². The molecular formula is C19H26BrNO3. The topological polar surface area (TPSA) is 38.8 Å². The van der Waals surface area contributed by atoms with Crippen LogP contribution < -0.4 is 4.74 Å². The van der Waals surface area contributed by atoms with Crippen molar-refractivity contribution in [3.63, 3.8) is 0 Å². The van der Waals surface area contributed by atoms with Crippen LogP contribution in [0.3, 0.4) is 0 Å². The van der Waals surface area contributed by atoms with Crippen LogP contribution in [0.15, 0.2) is 22.7 Å². The maximum absolute atomic E-state index is 12.2. The number of methoxy groups -OCH3 is 1. The van der Waals surface area contributed by atoms with E-state index in [2.05, 4.69) is 20.8 Å². The minimum Gasteiger partial charge on any atom is -0.496 e. The molecule has 0 N–H and O–H groups in total. The Bertz CT molecular complexity index is 576. The normalized spacial score (nSPS) is 24.2. The quantitative estimate of drug-likeness (QED) is 0.710. The number of hydrogen-bond donors (Lipinski definition) is 0. The zero-order valence-electron chi connectivity index (χ0n) is 14.3. The predicted molar refractivity (Wildman–Crippen MR) is 97.3 cm³/mol. The molecule has 3 rings (SSSR count). The first-order chi connectivity index (χ1) is 11.7. The summed E-state index contributed by atoms with van der Waals surface area (Å²) in [6.07, 6.45) is 6.60. The second-order valence-electron chi connectivity index (χ2n) is 6.83. The fraction of sp³-hybridized carbons (Fsp3) is 0.632. The molecule has 0 spiro atoms. The molecule has 0 aliphatic carbocycles. The molecule has 1 aromatic carbocycles. The van der Waals surface area contributed by atoms with Crippen LogP contribution in [-0.4, -0.2) is 43.7 Å². The highest BCUT2D eigenvalue weighted by Crippen LogP contribution is 2.31. The lowest BCUT2D eigenvalue weighted by molar-refractivity contribution is -0.145. The summed E-state index contributed by atoms with van der Waals surface area (Å²) in [5.74, 6) is 1.14. The number of rotatable bonds is 5. The van der Waals surface area contributed by atoms with Gasteiger partial charge in [0.05, 0.1) is 24.6 Å². The minimum atomic E-state index is -0.139. The molecule has 1 aromatic rings. The molecule has 0 amide bonds. The van der Waals surface area contributed by atoms with Gasteiger partial charge in [0.15, 0.2) is 0 Å². The molecule has 2 saturated heterocycles. The highest BCUT2D eigenvalue weighted by Gasteiger charge is 2.33. The molecule has 0 aromatic heterocycles. The third kappa shape index (κ3) is 4.31. The molecule has 0 radical (unpaired) electrons. The molecule has 0 saturated carbocycles. The van der Waals surface area contributed by atoms with E-state index in [1.54, 1.807) is 7.11 Å². The number of nitrogens with zero attached hydrogens (tertiary/aromatic N) is 1. The third-order valence-corrected chi connectivity index (χ3v) is 5.87. The molecule has 132 valence electrons. The van der Waals surface area contributed by atoms with Gasteiger partial charge in [0.2, 0.25) is 0 Å². The molecule has 24 heavy (non-hydrogen) atoms. The molecule has 2 aliphatic rings. The summed E-state index contributed by atoms with van der Waals surface area (Å²) in [6, 6.07) is 6.32. The van der Waals surface area contributed by atoms with Gasteiger partial charge in [-0.3, -0.25) is 9.69 Å². The first kappa shape index (κ1) is 17.7. The summed E-state index contributed by atoms with van der Waals surface area (Å²) in [5, 5.41) is 0. The van der Waals surface area contributed by atoms with Gasteiger partial charge in [-0.1, -0.05) is 12.5 Å². The average molecular weight is 396 g/mol. The molecule has 2 atom stereocenters. The molecule has 2 fully saturated rings. The number of esters is 1. The zero-order valence-corrected chi connectivity index (χ0v) is 15.9. The van der Waals surface area contributed by atoms with Crippen LogP contribution in [-0.2, 0) is 16.0 Å². The van der Waals surface area contributed by atoms with Gasteiger partial charge < -0.3 is 9.47 Å².